The molecule has 0 spiro atoms. The summed E-state index contributed by atoms with van der Waals surface area (Å²) in [7, 11) is 0. The van der Waals surface area contributed by atoms with Crippen LogP contribution in [0.25, 0.3) is 5.76 Å². The van der Waals surface area contributed by atoms with E-state index in [1.165, 1.54) is 11.1 Å². The van der Waals surface area contributed by atoms with E-state index in [1.807, 2.05) is 36.6 Å². The van der Waals surface area contributed by atoms with Crippen LogP contribution in [-0.2, 0) is 10.2 Å². The Bertz CT molecular complexity index is 822. The van der Waals surface area contributed by atoms with Crippen molar-refractivity contribution in [2.24, 2.45) is 0 Å². The molecule has 1 heteroatoms. The highest BCUT2D eigenvalue weighted by atomic mass is 16.5. The highest BCUT2D eigenvalue weighted by Crippen LogP contribution is 2.40. The first-order valence-electron chi connectivity index (χ1n) is 8.12. The lowest BCUT2D eigenvalue weighted by atomic mass is 9.73. The first kappa shape index (κ1) is 14.5. The molecule has 0 fully saturated rings. The van der Waals surface area contributed by atoms with Crippen LogP contribution in [0, 0.1) is 0 Å². The van der Waals surface area contributed by atoms with E-state index < -0.39 is 0 Å². The number of hydrogen-bond acceptors (Lipinski definition) is 1. The van der Waals surface area contributed by atoms with E-state index in [0.717, 1.165) is 11.3 Å². The zero-order valence-corrected chi connectivity index (χ0v) is 13.3. The molecule has 0 amide bonds. The van der Waals surface area contributed by atoms with Crippen LogP contribution in [0.2, 0.25) is 0 Å². The van der Waals surface area contributed by atoms with Crippen molar-refractivity contribution in [3.05, 3.63) is 126 Å². The molecule has 0 aromatic heterocycles. The number of benzene rings is 3. The van der Waals surface area contributed by atoms with Crippen molar-refractivity contribution >= 4 is 5.76 Å². The molecule has 1 aliphatic heterocycles. The lowest BCUT2D eigenvalue weighted by Gasteiger charge is -2.32. The lowest BCUT2D eigenvalue weighted by Crippen LogP contribution is -2.25. The summed E-state index contributed by atoms with van der Waals surface area (Å²) in [5.41, 5.74) is 3.21. The Morgan fingerprint density at radius 3 is 1.62 bits per heavy atom. The number of ether oxygens (including phenoxy) is 1. The summed E-state index contributed by atoms with van der Waals surface area (Å²) in [5, 5.41) is 0. The third-order valence-corrected chi connectivity index (χ3v) is 4.45. The Morgan fingerprint density at radius 2 is 1.08 bits per heavy atom. The van der Waals surface area contributed by atoms with Gasteiger partial charge in [0.25, 0.3) is 0 Å². The summed E-state index contributed by atoms with van der Waals surface area (Å²) in [4.78, 5) is 0. The van der Waals surface area contributed by atoms with E-state index in [4.69, 9.17) is 4.74 Å². The molecule has 0 saturated carbocycles. The highest BCUT2D eigenvalue weighted by Gasteiger charge is 2.32. The Hall–Kier alpha value is -3.06. The molecule has 1 aliphatic rings. The summed E-state index contributed by atoms with van der Waals surface area (Å²) in [5.74, 6) is 0.880. The van der Waals surface area contributed by atoms with Gasteiger partial charge in [0.2, 0.25) is 0 Å². The molecule has 0 aliphatic carbocycles. The van der Waals surface area contributed by atoms with Gasteiger partial charge < -0.3 is 4.74 Å². The predicted octanol–water partition coefficient (Wildman–Crippen LogP) is 5.56. The van der Waals surface area contributed by atoms with Crippen LogP contribution in [0.3, 0.4) is 0 Å². The highest BCUT2D eigenvalue weighted by molar-refractivity contribution is 5.67. The maximum Gasteiger partial charge on any atom is 0.131 e. The van der Waals surface area contributed by atoms with Gasteiger partial charge in [0.1, 0.15) is 5.76 Å². The first-order valence-corrected chi connectivity index (χ1v) is 8.12. The van der Waals surface area contributed by atoms with Crippen LogP contribution in [0.5, 0.6) is 0 Å². The average Bonchev–Trinajstić information content (AvgIpc) is 2.70. The van der Waals surface area contributed by atoms with Gasteiger partial charge in [-0.1, -0.05) is 91.0 Å². The molecule has 116 valence electrons. The molecular formula is C23H18O. The van der Waals surface area contributed by atoms with Gasteiger partial charge >= 0.3 is 0 Å². The van der Waals surface area contributed by atoms with Crippen molar-refractivity contribution in [2.45, 2.75) is 5.41 Å². The molecule has 0 bridgehead atoms. The molecule has 0 unspecified atom stereocenters. The monoisotopic (exact) mass is 310 g/mol. The van der Waals surface area contributed by atoms with Gasteiger partial charge in [-0.25, -0.2) is 0 Å². The van der Waals surface area contributed by atoms with Crippen molar-refractivity contribution in [2.75, 3.05) is 0 Å². The van der Waals surface area contributed by atoms with E-state index in [9.17, 15) is 0 Å². The van der Waals surface area contributed by atoms with Crippen molar-refractivity contribution < 1.29 is 4.74 Å². The van der Waals surface area contributed by atoms with Crippen molar-refractivity contribution in [1.82, 2.24) is 0 Å². The van der Waals surface area contributed by atoms with Crippen molar-refractivity contribution in [1.29, 1.82) is 0 Å². The van der Waals surface area contributed by atoms with Crippen LogP contribution >= 0.6 is 0 Å². The van der Waals surface area contributed by atoms with E-state index in [1.54, 1.807) is 0 Å². The fourth-order valence-corrected chi connectivity index (χ4v) is 3.21. The van der Waals surface area contributed by atoms with Gasteiger partial charge in [0.15, 0.2) is 0 Å². The maximum absolute atomic E-state index is 5.84. The summed E-state index contributed by atoms with van der Waals surface area (Å²) in [6, 6.07) is 31.3. The summed E-state index contributed by atoms with van der Waals surface area (Å²) in [6.07, 6.45) is 6.15. The van der Waals surface area contributed by atoms with Crippen LogP contribution < -0.4 is 0 Å². The van der Waals surface area contributed by atoms with Gasteiger partial charge in [0.05, 0.1) is 11.7 Å². The van der Waals surface area contributed by atoms with Gasteiger partial charge in [-0.2, -0.15) is 0 Å². The second kappa shape index (κ2) is 6.21. The number of rotatable bonds is 3. The van der Waals surface area contributed by atoms with Crippen LogP contribution in [-0.4, -0.2) is 0 Å². The molecular weight excluding hydrogens is 292 g/mol. The van der Waals surface area contributed by atoms with Gasteiger partial charge in [0, 0.05) is 5.56 Å². The molecule has 1 heterocycles. The Balaban J connectivity index is 1.92. The molecule has 0 saturated heterocycles. The molecule has 24 heavy (non-hydrogen) atoms. The Morgan fingerprint density at radius 1 is 0.583 bits per heavy atom. The third kappa shape index (κ3) is 2.55. The fourth-order valence-electron chi connectivity index (χ4n) is 3.21. The summed E-state index contributed by atoms with van der Waals surface area (Å²) < 4.78 is 5.84. The standard InChI is InChI=1S/C23H18O/c1-4-10-19(11-5-1)22-18-23(16-17-24-22,20-12-6-2-7-13-20)21-14-8-3-9-15-21/h1-18H. The molecule has 3 aromatic rings. The topological polar surface area (TPSA) is 9.23 Å². The second-order valence-electron chi connectivity index (χ2n) is 5.90. The van der Waals surface area contributed by atoms with Crippen LogP contribution in [0.1, 0.15) is 16.7 Å². The predicted molar refractivity (Wildman–Crippen MR) is 98.3 cm³/mol. The Kier molecular flexibility index (Phi) is 3.76. The maximum atomic E-state index is 5.84. The first-order chi connectivity index (χ1) is 11.9. The number of hydrogen-bond donors (Lipinski definition) is 0. The van der Waals surface area contributed by atoms with E-state index in [-0.39, 0.29) is 5.41 Å². The summed E-state index contributed by atoms with van der Waals surface area (Å²) in [6.45, 7) is 0. The minimum absolute atomic E-state index is 0.327. The van der Waals surface area contributed by atoms with Crippen molar-refractivity contribution in [3.8, 4) is 0 Å². The Labute approximate surface area is 142 Å². The summed E-state index contributed by atoms with van der Waals surface area (Å²) >= 11 is 0. The zero-order chi connectivity index (χ0) is 16.2. The molecule has 0 atom stereocenters. The lowest BCUT2D eigenvalue weighted by molar-refractivity contribution is 0.416. The average molecular weight is 310 g/mol. The van der Waals surface area contributed by atoms with Gasteiger partial charge in [-0.3, -0.25) is 0 Å². The minimum Gasteiger partial charge on any atom is -0.465 e. The third-order valence-electron chi connectivity index (χ3n) is 4.45. The molecule has 4 rings (SSSR count). The van der Waals surface area contributed by atoms with Gasteiger partial charge in [-0.05, 0) is 23.3 Å². The van der Waals surface area contributed by atoms with E-state index in [0.29, 0.717) is 0 Å². The smallest absolute Gasteiger partial charge is 0.131 e. The SMILES string of the molecule is C1=CC(c2ccccc2)(c2ccccc2)C=C(c2ccccc2)O1. The fraction of sp³-hybridized carbons (Fsp3) is 0.0435. The van der Waals surface area contributed by atoms with Crippen LogP contribution in [0.15, 0.2) is 109 Å². The van der Waals surface area contributed by atoms with Gasteiger partial charge in [-0.15, -0.1) is 0 Å². The largest absolute Gasteiger partial charge is 0.465 e. The van der Waals surface area contributed by atoms with E-state index in [2.05, 4.69) is 72.8 Å². The van der Waals surface area contributed by atoms with Crippen molar-refractivity contribution in [3.63, 3.8) is 0 Å². The second-order valence-corrected chi connectivity index (χ2v) is 5.90. The zero-order valence-electron chi connectivity index (χ0n) is 13.3. The normalized spacial score (nSPS) is 15.4. The minimum atomic E-state index is -0.327. The molecule has 0 N–H and O–H groups in total. The molecule has 3 aromatic carbocycles. The van der Waals surface area contributed by atoms with E-state index >= 15 is 0 Å². The molecule has 0 radical (unpaired) electrons. The van der Waals surface area contributed by atoms with Crippen LogP contribution in [0.4, 0.5) is 0 Å². The molecule has 1 nitrogen and oxygen atoms in total. The quantitative estimate of drug-likeness (QED) is 0.615. The number of allylic oxidation sites excluding steroid dienone is 2.